The van der Waals surface area contributed by atoms with Gasteiger partial charge in [0.1, 0.15) is 23.1 Å². The number of alkyl halides is 3. The summed E-state index contributed by atoms with van der Waals surface area (Å²) in [5, 5.41) is 9.69. The lowest BCUT2D eigenvalue weighted by Crippen LogP contribution is -2.23. The van der Waals surface area contributed by atoms with E-state index in [9.17, 15) is 13.2 Å². The van der Waals surface area contributed by atoms with E-state index < -0.39 is 6.36 Å². The molecule has 10 heteroatoms. The third-order valence-electron chi connectivity index (χ3n) is 5.37. The molecule has 1 aliphatic carbocycles. The van der Waals surface area contributed by atoms with Crippen molar-refractivity contribution in [2.45, 2.75) is 44.5 Å². The van der Waals surface area contributed by atoms with Gasteiger partial charge in [0.25, 0.3) is 0 Å². The van der Waals surface area contributed by atoms with Crippen molar-refractivity contribution in [1.82, 2.24) is 9.97 Å². The van der Waals surface area contributed by atoms with Crippen LogP contribution in [0.25, 0.3) is 0 Å². The fraction of sp³-hybridized carbons (Fsp3) is 0.333. The first-order valence-electron chi connectivity index (χ1n) is 11.1. The maximum Gasteiger partial charge on any atom is 0.573 e. The van der Waals surface area contributed by atoms with E-state index in [2.05, 4.69) is 30.7 Å². The van der Waals surface area contributed by atoms with Gasteiger partial charge >= 0.3 is 6.36 Å². The number of rotatable bonds is 8. The molecule has 0 atom stereocenters. The molecule has 1 fully saturated rings. The van der Waals surface area contributed by atoms with Gasteiger partial charge in [-0.15, -0.1) is 13.2 Å². The first kappa shape index (κ1) is 23.5. The standard InChI is InChI=1S/C24H26F3N5O2/c1-33-19-12-10-17(11-13-19)28-21-15-22(32-23(31-21)30-16-6-3-2-4-7-16)29-18-8-5-9-20(14-18)34-24(25,26)27/h5,8-16H,2-4,6-7H2,1H3,(H3,28,29,30,31,32). The summed E-state index contributed by atoms with van der Waals surface area (Å²) in [6.45, 7) is 0. The van der Waals surface area contributed by atoms with Crippen LogP contribution >= 0.6 is 0 Å². The quantitative estimate of drug-likeness (QED) is 0.339. The molecule has 1 aromatic heterocycles. The van der Waals surface area contributed by atoms with Gasteiger partial charge < -0.3 is 25.4 Å². The molecule has 4 rings (SSSR count). The van der Waals surface area contributed by atoms with Crippen molar-refractivity contribution < 1.29 is 22.6 Å². The van der Waals surface area contributed by atoms with Crippen molar-refractivity contribution >= 4 is 29.0 Å². The van der Waals surface area contributed by atoms with Gasteiger partial charge in [-0.2, -0.15) is 9.97 Å². The van der Waals surface area contributed by atoms with E-state index >= 15 is 0 Å². The molecule has 34 heavy (non-hydrogen) atoms. The minimum absolute atomic E-state index is 0.279. The lowest BCUT2D eigenvalue weighted by atomic mass is 9.96. The van der Waals surface area contributed by atoms with Crippen LogP contribution in [-0.4, -0.2) is 29.5 Å². The maximum atomic E-state index is 12.6. The Morgan fingerprint density at radius 2 is 1.50 bits per heavy atom. The number of ether oxygens (including phenoxy) is 2. The highest BCUT2D eigenvalue weighted by atomic mass is 19.4. The Labute approximate surface area is 195 Å². The Kier molecular flexibility index (Phi) is 7.24. The molecule has 1 saturated carbocycles. The van der Waals surface area contributed by atoms with Crippen LogP contribution in [0.4, 0.5) is 42.1 Å². The monoisotopic (exact) mass is 473 g/mol. The highest BCUT2D eigenvalue weighted by molar-refractivity contribution is 5.66. The maximum absolute atomic E-state index is 12.6. The smallest absolute Gasteiger partial charge is 0.497 e. The fourth-order valence-electron chi connectivity index (χ4n) is 3.81. The number of hydrogen-bond donors (Lipinski definition) is 3. The van der Waals surface area contributed by atoms with E-state index in [0.717, 1.165) is 37.1 Å². The van der Waals surface area contributed by atoms with Crippen molar-refractivity contribution in [3.63, 3.8) is 0 Å². The van der Waals surface area contributed by atoms with Crippen molar-refractivity contribution in [2.24, 2.45) is 0 Å². The first-order chi connectivity index (χ1) is 16.4. The highest BCUT2D eigenvalue weighted by Gasteiger charge is 2.31. The molecule has 1 aliphatic rings. The summed E-state index contributed by atoms with van der Waals surface area (Å²) in [4.78, 5) is 9.13. The largest absolute Gasteiger partial charge is 0.573 e. The normalized spacial score (nSPS) is 14.4. The number of anilines is 5. The third-order valence-corrected chi connectivity index (χ3v) is 5.37. The van der Waals surface area contributed by atoms with Crippen LogP contribution in [0.2, 0.25) is 0 Å². The van der Waals surface area contributed by atoms with E-state index in [4.69, 9.17) is 4.74 Å². The minimum atomic E-state index is -4.76. The molecule has 1 heterocycles. The average molecular weight is 473 g/mol. The Hall–Kier alpha value is -3.69. The summed E-state index contributed by atoms with van der Waals surface area (Å²) in [6.07, 6.45) is 0.844. The topological polar surface area (TPSA) is 80.3 Å². The number of aromatic nitrogens is 2. The molecule has 0 bridgehead atoms. The van der Waals surface area contributed by atoms with Gasteiger partial charge in [0, 0.05) is 29.5 Å². The minimum Gasteiger partial charge on any atom is -0.497 e. The third kappa shape index (κ3) is 6.90. The van der Waals surface area contributed by atoms with Gasteiger partial charge in [0.05, 0.1) is 7.11 Å². The number of nitrogens with one attached hydrogen (secondary N) is 3. The van der Waals surface area contributed by atoms with Gasteiger partial charge in [-0.1, -0.05) is 25.3 Å². The first-order valence-corrected chi connectivity index (χ1v) is 11.1. The van der Waals surface area contributed by atoms with Crippen molar-refractivity contribution in [3.05, 3.63) is 54.6 Å². The molecule has 0 saturated heterocycles. The van der Waals surface area contributed by atoms with Crippen LogP contribution < -0.4 is 25.4 Å². The Balaban J connectivity index is 1.57. The summed E-state index contributed by atoms with van der Waals surface area (Å²) in [5.41, 5.74) is 1.20. The average Bonchev–Trinajstić information content (AvgIpc) is 2.79. The van der Waals surface area contributed by atoms with Crippen molar-refractivity contribution in [3.8, 4) is 11.5 Å². The van der Waals surface area contributed by atoms with E-state index in [-0.39, 0.29) is 11.8 Å². The van der Waals surface area contributed by atoms with E-state index in [1.165, 1.54) is 24.6 Å². The zero-order valence-electron chi connectivity index (χ0n) is 18.7. The second-order valence-electron chi connectivity index (χ2n) is 8.00. The van der Waals surface area contributed by atoms with Crippen LogP contribution in [-0.2, 0) is 0 Å². The molecule has 3 aromatic rings. The molecule has 0 radical (unpaired) electrons. The summed E-state index contributed by atoms with van der Waals surface area (Å²) in [5.74, 6) is 1.81. The van der Waals surface area contributed by atoms with Gasteiger partial charge in [-0.3, -0.25) is 0 Å². The second-order valence-corrected chi connectivity index (χ2v) is 8.00. The summed E-state index contributed by atoms with van der Waals surface area (Å²) >= 11 is 0. The molecule has 0 amide bonds. The zero-order valence-corrected chi connectivity index (χ0v) is 18.7. The SMILES string of the molecule is COc1ccc(Nc2cc(Nc3cccc(OC(F)(F)F)c3)nc(NC3CCCCC3)n2)cc1. The predicted molar refractivity (Wildman–Crippen MR) is 125 cm³/mol. The molecule has 0 aliphatic heterocycles. The van der Waals surface area contributed by atoms with Gasteiger partial charge in [-0.25, -0.2) is 0 Å². The van der Waals surface area contributed by atoms with Crippen LogP contribution in [0.1, 0.15) is 32.1 Å². The van der Waals surface area contributed by atoms with Crippen LogP contribution in [0.3, 0.4) is 0 Å². The number of halogens is 3. The predicted octanol–water partition coefficient (Wildman–Crippen LogP) is 6.62. The molecule has 0 spiro atoms. The number of hydrogen-bond acceptors (Lipinski definition) is 7. The number of methoxy groups -OCH3 is 1. The Bertz CT molecular complexity index is 1090. The molecule has 0 unspecified atom stereocenters. The van der Waals surface area contributed by atoms with Crippen molar-refractivity contribution in [1.29, 1.82) is 0 Å². The number of nitrogens with zero attached hydrogens (tertiary/aromatic N) is 2. The molecule has 2 aromatic carbocycles. The van der Waals surface area contributed by atoms with Crippen molar-refractivity contribution in [2.75, 3.05) is 23.1 Å². The van der Waals surface area contributed by atoms with Gasteiger partial charge in [0.2, 0.25) is 5.95 Å². The van der Waals surface area contributed by atoms with E-state index in [0.29, 0.717) is 23.3 Å². The fourth-order valence-corrected chi connectivity index (χ4v) is 3.81. The van der Waals surface area contributed by atoms with Gasteiger partial charge in [-0.05, 0) is 49.2 Å². The highest BCUT2D eigenvalue weighted by Crippen LogP contribution is 2.28. The van der Waals surface area contributed by atoms with Gasteiger partial charge in [0.15, 0.2) is 0 Å². The molecule has 7 nitrogen and oxygen atoms in total. The van der Waals surface area contributed by atoms with Crippen LogP contribution in [0.15, 0.2) is 54.6 Å². The van der Waals surface area contributed by atoms with Crippen LogP contribution in [0, 0.1) is 0 Å². The second kappa shape index (κ2) is 10.5. The lowest BCUT2D eigenvalue weighted by molar-refractivity contribution is -0.274. The summed E-state index contributed by atoms with van der Waals surface area (Å²) < 4.78 is 47.0. The van der Waals surface area contributed by atoms with E-state index in [1.54, 1.807) is 19.2 Å². The Morgan fingerprint density at radius 3 is 2.15 bits per heavy atom. The lowest BCUT2D eigenvalue weighted by Gasteiger charge is -2.23. The molecular formula is C24H26F3N5O2. The molecule has 3 N–H and O–H groups in total. The summed E-state index contributed by atoms with van der Waals surface area (Å²) in [6, 6.07) is 15.0. The zero-order chi connectivity index (χ0) is 24.0. The Morgan fingerprint density at radius 1 is 0.824 bits per heavy atom. The number of benzene rings is 2. The van der Waals surface area contributed by atoms with E-state index in [1.807, 2.05) is 24.3 Å². The molecule has 180 valence electrons. The van der Waals surface area contributed by atoms with Crippen LogP contribution in [0.5, 0.6) is 11.5 Å². The molecular weight excluding hydrogens is 447 g/mol. The summed E-state index contributed by atoms with van der Waals surface area (Å²) in [7, 11) is 1.60.